The topological polar surface area (TPSA) is 18.5 Å². The standard InChI is InChI=1S/C39H25F11O2/c1-2-3-4-5-14-51-38(47)36(46)22-8-6-21(7-9-22)23-10-12-27(29(40)15-23)24-11-13-28(30(41)16-24)25-17-31(42)35(32(43)18-25)26-19-33(44)37(34(45)20-26)52-39(48,49)50/h2-3,6-13,15-20H,4-5,14H2,1H3. The Morgan fingerprint density at radius 1 is 0.596 bits per heavy atom. The van der Waals surface area contributed by atoms with Crippen molar-refractivity contribution in [2.45, 2.75) is 26.1 Å². The molecule has 13 heteroatoms. The number of alkyl halides is 3. The largest absolute Gasteiger partial charge is 0.573 e. The first-order chi connectivity index (χ1) is 24.7. The van der Waals surface area contributed by atoms with Crippen LogP contribution >= 0.6 is 0 Å². The lowest BCUT2D eigenvalue weighted by atomic mass is 9.95. The normalized spacial score (nSPS) is 12.3. The van der Waals surface area contributed by atoms with Crippen LogP contribution in [0.15, 0.2) is 103 Å². The SMILES string of the molecule is CC=CCCCOC(F)=C(F)c1ccc(-c2ccc(-c3ccc(-c4cc(F)c(-c5cc(F)c(OC(F)(F)F)c(F)c5)c(F)c4)c(F)c3)c(F)c2)cc1. The Labute approximate surface area is 290 Å². The van der Waals surface area contributed by atoms with E-state index in [0.717, 1.165) is 18.2 Å². The summed E-state index contributed by atoms with van der Waals surface area (Å²) in [4.78, 5) is 0. The molecule has 0 saturated carbocycles. The van der Waals surface area contributed by atoms with E-state index in [1.165, 1.54) is 42.5 Å². The zero-order valence-electron chi connectivity index (χ0n) is 26.8. The summed E-state index contributed by atoms with van der Waals surface area (Å²) in [5.74, 6) is -11.4. The van der Waals surface area contributed by atoms with Gasteiger partial charge >= 0.3 is 12.4 Å². The molecule has 0 radical (unpaired) electrons. The van der Waals surface area contributed by atoms with E-state index in [4.69, 9.17) is 4.74 Å². The van der Waals surface area contributed by atoms with Gasteiger partial charge in [-0.1, -0.05) is 60.7 Å². The average molecular weight is 735 g/mol. The molecule has 270 valence electrons. The number of benzene rings is 5. The van der Waals surface area contributed by atoms with Gasteiger partial charge in [-0.05, 0) is 84.0 Å². The van der Waals surface area contributed by atoms with Crippen molar-refractivity contribution in [3.8, 4) is 50.3 Å². The summed E-state index contributed by atoms with van der Waals surface area (Å²) < 4.78 is 163. The van der Waals surface area contributed by atoms with Gasteiger partial charge in [0.05, 0.1) is 12.2 Å². The average Bonchev–Trinajstić information content (AvgIpc) is 3.08. The monoisotopic (exact) mass is 734 g/mol. The predicted molar refractivity (Wildman–Crippen MR) is 174 cm³/mol. The summed E-state index contributed by atoms with van der Waals surface area (Å²) in [6, 6.07) is 13.3. The molecule has 0 saturated heterocycles. The Morgan fingerprint density at radius 3 is 1.65 bits per heavy atom. The van der Waals surface area contributed by atoms with Crippen LogP contribution in [-0.4, -0.2) is 13.0 Å². The van der Waals surface area contributed by atoms with Crippen molar-refractivity contribution in [3.05, 3.63) is 144 Å². The molecular formula is C39H25F11O2. The lowest BCUT2D eigenvalue weighted by molar-refractivity contribution is -0.276. The second-order valence-electron chi connectivity index (χ2n) is 11.2. The van der Waals surface area contributed by atoms with Crippen molar-refractivity contribution in [2.24, 2.45) is 0 Å². The molecule has 0 unspecified atom stereocenters. The second-order valence-corrected chi connectivity index (χ2v) is 11.2. The summed E-state index contributed by atoms with van der Waals surface area (Å²) in [6.07, 6.45) is -0.578. The second kappa shape index (κ2) is 15.7. The summed E-state index contributed by atoms with van der Waals surface area (Å²) in [5.41, 5.74) is -1.71. The molecule has 0 spiro atoms. The fourth-order valence-electron chi connectivity index (χ4n) is 5.28. The summed E-state index contributed by atoms with van der Waals surface area (Å²) in [7, 11) is 0. The molecule has 0 N–H and O–H groups in total. The number of halogens is 11. The van der Waals surface area contributed by atoms with Crippen molar-refractivity contribution in [2.75, 3.05) is 6.61 Å². The van der Waals surface area contributed by atoms with Crippen LogP contribution in [0.4, 0.5) is 48.3 Å². The molecule has 52 heavy (non-hydrogen) atoms. The van der Waals surface area contributed by atoms with Gasteiger partial charge < -0.3 is 9.47 Å². The minimum absolute atomic E-state index is 0.00975. The predicted octanol–water partition coefficient (Wildman–Crippen LogP) is 13.0. The molecule has 5 aromatic rings. The van der Waals surface area contributed by atoms with Gasteiger partial charge in [0.2, 0.25) is 11.6 Å². The van der Waals surface area contributed by atoms with Gasteiger partial charge in [0, 0.05) is 16.7 Å². The highest BCUT2D eigenvalue weighted by Gasteiger charge is 2.34. The lowest BCUT2D eigenvalue weighted by Gasteiger charge is -2.14. The van der Waals surface area contributed by atoms with Crippen LogP contribution in [0.5, 0.6) is 5.75 Å². The third kappa shape index (κ3) is 8.64. The lowest BCUT2D eigenvalue weighted by Crippen LogP contribution is -2.19. The number of ether oxygens (including phenoxy) is 2. The highest BCUT2D eigenvalue weighted by atomic mass is 19.4. The van der Waals surface area contributed by atoms with Crippen molar-refractivity contribution in [1.29, 1.82) is 0 Å². The molecule has 0 aliphatic heterocycles. The molecular weight excluding hydrogens is 709 g/mol. The maximum Gasteiger partial charge on any atom is 0.573 e. The number of allylic oxidation sites excluding steroid dienone is 2. The van der Waals surface area contributed by atoms with E-state index in [2.05, 4.69) is 4.74 Å². The molecule has 5 rings (SSSR count). The third-order valence-electron chi connectivity index (χ3n) is 7.73. The van der Waals surface area contributed by atoms with Crippen LogP contribution < -0.4 is 4.74 Å². The molecule has 0 fully saturated rings. The number of hydrogen-bond donors (Lipinski definition) is 0. The van der Waals surface area contributed by atoms with E-state index in [9.17, 15) is 30.7 Å². The van der Waals surface area contributed by atoms with Crippen molar-refractivity contribution in [3.63, 3.8) is 0 Å². The molecule has 0 amide bonds. The van der Waals surface area contributed by atoms with Gasteiger partial charge in [0.25, 0.3) is 0 Å². The van der Waals surface area contributed by atoms with Gasteiger partial charge in [-0.2, -0.15) is 8.78 Å². The minimum atomic E-state index is -5.43. The van der Waals surface area contributed by atoms with E-state index in [1.807, 2.05) is 19.1 Å². The van der Waals surface area contributed by atoms with E-state index in [0.29, 0.717) is 36.1 Å². The Morgan fingerprint density at radius 2 is 1.10 bits per heavy atom. The molecule has 0 aromatic heterocycles. The maximum atomic E-state index is 15.3. The van der Waals surface area contributed by atoms with Crippen LogP contribution in [0.3, 0.4) is 0 Å². The first kappa shape index (κ1) is 37.7. The van der Waals surface area contributed by atoms with Crippen LogP contribution in [0.25, 0.3) is 50.3 Å². The third-order valence-corrected chi connectivity index (χ3v) is 7.73. The first-order valence-corrected chi connectivity index (χ1v) is 15.4. The summed E-state index contributed by atoms with van der Waals surface area (Å²) >= 11 is 0. The zero-order valence-corrected chi connectivity index (χ0v) is 26.8. The summed E-state index contributed by atoms with van der Waals surface area (Å²) in [5, 5.41) is 0. The highest BCUT2D eigenvalue weighted by molar-refractivity contribution is 5.77. The van der Waals surface area contributed by atoms with Crippen LogP contribution in [0.2, 0.25) is 0 Å². The molecule has 2 nitrogen and oxygen atoms in total. The Bertz CT molecular complexity index is 2110. The van der Waals surface area contributed by atoms with Gasteiger partial charge in [-0.3, -0.25) is 0 Å². The van der Waals surface area contributed by atoms with Gasteiger partial charge in [0.15, 0.2) is 11.6 Å². The van der Waals surface area contributed by atoms with E-state index in [-0.39, 0.29) is 46.6 Å². The Balaban J connectivity index is 1.34. The molecule has 0 heterocycles. The minimum Gasteiger partial charge on any atom is -0.469 e. The summed E-state index contributed by atoms with van der Waals surface area (Å²) in [6.45, 7) is 1.83. The van der Waals surface area contributed by atoms with Gasteiger partial charge in [-0.25, -0.2) is 26.3 Å². The molecule has 0 aliphatic carbocycles. The number of rotatable bonds is 11. The molecule has 5 aromatic carbocycles. The van der Waals surface area contributed by atoms with E-state index < -0.39 is 70.0 Å². The smallest absolute Gasteiger partial charge is 0.469 e. The van der Waals surface area contributed by atoms with E-state index in [1.54, 1.807) is 0 Å². The quantitative estimate of drug-likeness (QED) is 0.0582. The van der Waals surface area contributed by atoms with E-state index >= 15 is 17.6 Å². The molecule has 0 atom stereocenters. The Kier molecular flexibility index (Phi) is 11.4. The molecule has 0 aliphatic rings. The number of hydrogen-bond acceptors (Lipinski definition) is 2. The zero-order chi connectivity index (χ0) is 37.7. The maximum absolute atomic E-state index is 15.3. The Hall–Kier alpha value is -5.59. The molecule has 0 bridgehead atoms. The van der Waals surface area contributed by atoms with Crippen LogP contribution in [-0.2, 0) is 4.74 Å². The van der Waals surface area contributed by atoms with Gasteiger partial charge in [-0.15, -0.1) is 13.2 Å². The van der Waals surface area contributed by atoms with Crippen molar-refractivity contribution in [1.82, 2.24) is 0 Å². The van der Waals surface area contributed by atoms with Crippen LogP contribution in [0, 0.1) is 34.9 Å². The number of unbranched alkanes of at least 4 members (excludes halogenated alkanes) is 1. The first-order valence-electron chi connectivity index (χ1n) is 15.4. The highest BCUT2D eigenvalue weighted by Crippen LogP contribution is 2.38. The van der Waals surface area contributed by atoms with Crippen molar-refractivity contribution < 1.29 is 57.8 Å². The van der Waals surface area contributed by atoms with Crippen molar-refractivity contribution >= 4 is 5.83 Å². The fraction of sp³-hybridized carbons (Fsp3) is 0.128. The van der Waals surface area contributed by atoms with Gasteiger partial charge in [0.1, 0.15) is 23.3 Å². The van der Waals surface area contributed by atoms with Crippen LogP contribution in [0.1, 0.15) is 25.3 Å². The fourth-order valence-corrected chi connectivity index (χ4v) is 5.28.